The second kappa shape index (κ2) is 4.98. The van der Waals surface area contributed by atoms with Crippen molar-refractivity contribution in [1.82, 2.24) is 0 Å². The minimum Gasteiger partial charge on any atom is -0.375 e. The highest BCUT2D eigenvalue weighted by Crippen LogP contribution is 2.34. The molecule has 1 aliphatic rings. The molecule has 1 aliphatic heterocycles. The van der Waals surface area contributed by atoms with E-state index in [1.807, 2.05) is 6.08 Å². The molecule has 16 heavy (non-hydrogen) atoms. The van der Waals surface area contributed by atoms with Crippen LogP contribution in [0.3, 0.4) is 0 Å². The van der Waals surface area contributed by atoms with E-state index in [2.05, 4.69) is 41.1 Å². The van der Waals surface area contributed by atoms with E-state index in [0.717, 1.165) is 25.9 Å². The molecule has 83 valence electrons. The van der Waals surface area contributed by atoms with Crippen molar-refractivity contribution in [2.75, 3.05) is 6.61 Å². The molecule has 0 aliphatic carbocycles. The molecule has 1 unspecified atom stereocenters. The molecule has 0 saturated carbocycles. The normalized spacial score (nSPS) is 25.3. The molecule has 3 radical (unpaired) electrons. The van der Waals surface area contributed by atoms with Gasteiger partial charge in [0.2, 0.25) is 0 Å². The van der Waals surface area contributed by atoms with Gasteiger partial charge in [-0.3, -0.25) is 0 Å². The lowest BCUT2D eigenvalue weighted by Gasteiger charge is -2.35. The lowest BCUT2D eigenvalue weighted by Crippen LogP contribution is -2.34. The second-order valence-electron chi connectivity index (χ2n) is 4.28. The van der Waals surface area contributed by atoms with Gasteiger partial charge in [0.15, 0.2) is 0 Å². The molecule has 0 spiro atoms. The Morgan fingerprint density at radius 2 is 2.19 bits per heavy atom. The molecule has 1 aromatic carbocycles. The summed E-state index contributed by atoms with van der Waals surface area (Å²) >= 11 is 0. The van der Waals surface area contributed by atoms with Gasteiger partial charge in [-0.15, -0.1) is 6.58 Å². The Bertz CT molecular complexity index is 367. The Labute approximate surface area is 101 Å². The minimum absolute atomic E-state index is 0.280. The summed E-state index contributed by atoms with van der Waals surface area (Å²) in [6.45, 7) is 4.65. The maximum Gasteiger partial charge on any atom is 0.0773 e. The lowest BCUT2D eigenvalue weighted by atomic mass is 9.94. The van der Waals surface area contributed by atoms with Gasteiger partial charge in [0.25, 0.3) is 0 Å². The van der Waals surface area contributed by atoms with Gasteiger partial charge in [-0.05, 0) is 36.8 Å². The van der Waals surface area contributed by atoms with Gasteiger partial charge in [-0.25, -0.2) is 0 Å². The van der Waals surface area contributed by atoms with E-state index in [1.54, 1.807) is 0 Å². The van der Waals surface area contributed by atoms with Crippen LogP contribution in [-0.2, 0) is 16.4 Å². The maximum atomic E-state index is 5.92. The van der Waals surface area contributed by atoms with E-state index >= 15 is 0 Å². The van der Waals surface area contributed by atoms with Gasteiger partial charge in [0.1, 0.15) is 0 Å². The minimum atomic E-state index is -0.280. The molecule has 0 bridgehead atoms. The van der Waals surface area contributed by atoms with E-state index in [4.69, 9.17) is 4.74 Å². The first-order chi connectivity index (χ1) is 7.76. The molecule has 1 saturated heterocycles. The van der Waals surface area contributed by atoms with Gasteiger partial charge in [0, 0.05) is 6.61 Å². The summed E-state index contributed by atoms with van der Waals surface area (Å²) in [6, 6.07) is 8.44. The van der Waals surface area contributed by atoms with Gasteiger partial charge in [-0.2, -0.15) is 0 Å². The largest absolute Gasteiger partial charge is 0.375 e. The Hall–Kier alpha value is -0.863. The quantitative estimate of drug-likeness (QED) is 0.572. The van der Waals surface area contributed by atoms with Gasteiger partial charge >= 0.3 is 0 Å². The highest BCUT2D eigenvalue weighted by Gasteiger charge is 2.31. The van der Waals surface area contributed by atoms with Gasteiger partial charge in [0.05, 0.1) is 15.5 Å². The molecule has 1 nitrogen and oxygen atoms in total. The number of allylic oxidation sites excluding steroid dienone is 1. The van der Waals surface area contributed by atoms with Crippen LogP contribution in [0.2, 0.25) is 0 Å². The summed E-state index contributed by atoms with van der Waals surface area (Å²) in [5, 5.41) is -0.280. The van der Waals surface area contributed by atoms with Crippen molar-refractivity contribution in [3.05, 3.63) is 48.0 Å². The van der Waals surface area contributed by atoms with E-state index in [-0.39, 0.29) is 5.22 Å². The maximum absolute atomic E-state index is 5.92. The first-order valence-electron chi connectivity index (χ1n) is 5.84. The highest BCUT2D eigenvalue weighted by atomic mass is 28.1. The summed E-state index contributed by atoms with van der Waals surface area (Å²) in [4.78, 5) is 0. The average Bonchev–Trinajstić information content (AvgIpc) is 2.31. The van der Waals surface area contributed by atoms with Crippen LogP contribution in [-0.4, -0.2) is 16.8 Å². The number of rotatable bonds is 3. The zero-order valence-corrected chi connectivity index (χ0v) is 10.5. The van der Waals surface area contributed by atoms with Crippen LogP contribution in [0.15, 0.2) is 36.9 Å². The van der Waals surface area contributed by atoms with Crippen molar-refractivity contribution in [3.63, 3.8) is 0 Å². The van der Waals surface area contributed by atoms with Crippen LogP contribution in [0.4, 0.5) is 0 Å². The second-order valence-corrected chi connectivity index (χ2v) is 5.09. The zero-order chi connectivity index (χ0) is 11.4. The molecule has 2 heteroatoms. The van der Waals surface area contributed by atoms with Crippen molar-refractivity contribution < 1.29 is 4.74 Å². The fraction of sp³-hybridized carbons (Fsp3) is 0.429. The predicted octanol–water partition coefficient (Wildman–Crippen LogP) is 2.94. The van der Waals surface area contributed by atoms with Crippen molar-refractivity contribution in [2.24, 2.45) is 0 Å². The summed E-state index contributed by atoms with van der Waals surface area (Å²) in [7, 11) is 3.83. The molecular formula is C14H17OSi. The molecule has 1 fully saturated rings. The third-order valence-electron chi connectivity index (χ3n) is 3.09. The monoisotopic (exact) mass is 229 g/mol. The fourth-order valence-corrected chi connectivity index (χ4v) is 2.78. The predicted molar refractivity (Wildman–Crippen MR) is 67.6 cm³/mol. The zero-order valence-electron chi connectivity index (χ0n) is 9.54. The van der Waals surface area contributed by atoms with Crippen molar-refractivity contribution in [1.29, 1.82) is 0 Å². The van der Waals surface area contributed by atoms with Gasteiger partial charge in [-0.1, -0.05) is 30.3 Å². The van der Waals surface area contributed by atoms with Crippen molar-refractivity contribution in [2.45, 2.75) is 30.9 Å². The van der Waals surface area contributed by atoms with Crippen LogP contribution >= 0.6 is 0 Å². The molecule has 1 aromatic rings. The average molecular weight is 229 g/mol. The SMILES string of the molecule is C=CCc1ccccc1C1([Si])CCCCO1. The first kappa shape index (κ1) is 11.6. The van der Waals surface area contributed by atoms with Crippen LogP contribution in [0, 0.1) is 0 Å². The topological polar surface area (TPSA) is 9.23 Å². The van der Waals surface area contributed by atoms with Crippen LogP contribution in [0.25, 0.3) is 0 Å². The van der Waals surface area contributed by atoms with E-state index in [1.165, 1.54) is 17.5 Å². The molecule has 1 heterocycles. The Balaban J connectivity index is 2.33. The van der Waals surface area contributed by atoms with Crippen molar-refractivity contribution in [3.8, 4) is 0 Å². The smallest absolute Gasteiger partial charge is 0.0773 e. The molecule has 1 atom stereocenters. The highest BCUT2D eigenvalue weighted by molar-refractivity contribution is 6.15. The number of ether oxygens (including phenoxy) is 1. The third-order valence-corrected chi connectivity index (χ3v) is 3.75. The summed E-state index contributed by atoms with van der Waals surface area (Å²) in [6.07, 6.45) is 6.25. The van der Waals surface area contributed by atoms with Crippen LogP contribution < -0.4 is 0 Å². The molecule has 2 rings (SSSR count). The Morgan fingerprint density at radius 3 is 2.88 bits per heavy atom. The number of hydrogen-bond acceptors (Lipinski definition) is 1. The summed E-state index contributed by atoms with van der Waals surface area (Å²) in [5.41, 5.74) is 2.56. The molecular weight excluding hydrogens is 212 g/mol. The molecule has 0 N–H and O–H groups in total. The summed E-state index contributed by atoms with van der Waals surface area (Å²) in [5.74, 6) is 0. The van der Waals surface area contributed by atoms with E-state index in [0.29, 0.717) is 0 Å². The van der Waals surface area contributed by atoms with Crippen LogP contribution in [0.1, 0.15) is 30.4 Å². The first-order valence-corrected chi connectivity index (χ1v) is 6.34. The third kappa shape index (κ3) is 2.28. The number of hydrogen-bond donors (Lipinski definition) is 0. The van der Waals surface area contributed by atoms with Crippen LogP contribution in [0.5, 0.6) is 0 Å². The Kier molecular flexibility index (Phi) is 3.61. The fourth-order valence-electron chi connectivity index (χ4n) is 2.25. The van der Waals surface area contributed by atoms with Gasteiger partial charge < -0.3 is 4.74 Å². The molecule has 0 aromatic heterocycles. The standard InChI is InChI=1S/C14H17OSi/c1-2-7-12-8-3-4-9-13(12)14(16)10-5-6-11-15-14/h2-4,8-9H,1,5-7,10-11H2. The van der Waals surface area contributed by atoms with Crippen molar-refractivity contribution >= 4 is 10.2 Å². The van der Waals surface area contributed by atoms with E-state index < -0.39 is 0 Å². The molecule has 0 amide bonds. The Morgan fingerprint density at radius 1 is 1.38 bits per heavy atom. The lowest BCUT2D eigenvalue weighted by molar-refractivity contribution is -0.0214. The number of benzene rings is 1. The van der Waals surface area contributed by atoms with E-state index in [9.17, 15) is 0 Å². The summed E-state index contributed by atoms with van der Waals surface area (Å²) < 4.78 is 5.92.